The van der Waals surface area contributed by atoms with Crippen LogP contribution in [0.5, 0.6) is 5.75 Å². The van der Waals surface area contributed by atoms with Gasteiger partial charge in [-0.2, -0.15) is 0 Å². The first kappa shape index (κ1) is 19.0. The Kier molecular flexibility index (Phi) is 7.99. The SMILES string of the molecule is CCOC(=O)C(O)CCCCc1ccc(OCc2ccccc2)cc1. The number of benzene rings is 2. The molecule has 0 bridgehead atoms. The Morgan fingerprint density at radius 2 is 1.72 bits per heavy atom. The predicted molar refractivity (Wildman–Crippen MR) is 97.4 cm³/mol. The second-order valence-electron chi connectivity index (χ2n) is 5.93. The van der Waals surface area contributed by atoms with Crippen LogP contribution in [0.4, 0.5) is 0 Å². The van der Waals surface area contributed by atoms with Gasteiger partial charge in [0.25, 0.3) is 0 Å². The first-order valence-corrected chi connectivity index (χ1v) is 8.79. The number of carbonyl (C=O) groups is 1. The van der Waals surface area contributed by atoms with E-state index in [0.29, 0.717) is 19.6 Å². The van der Waals surface area contributed by atoms with Gasteiger partial charge in [-0.3, -0.25) is 0 Å². The van der Waals surface area contributed by atoms with Gasteiger partial charge in [0.2, 0.25) is 0 Å². The molecule has 0 fully saturated rings. The molecule has 0 heterocycles. The number of ether oxygens (including phenoxy) is 2. The highest BCUT2D eigenvalue weighted by Crippen LogP contribution is 2.16. The van der Waals surface area contributed by atoms with Crippen molar-refractivity contribution in [3.8, 4) is 5.75 Å². The molecule has 2 aromatic rings. The van der Waals surface area contributed by atoms with Gasteiger partial charge in [0.1, 0.15) is 12.4 Å². The van der Waals surface area contributed by atoms with Crippen molar-refractivity contribution in [1.82, 2.24) is 0 Å². The molecule has 0 spiro atoms. The molecule has 2 aromatic carbocycles. The first-order chi connectivity index (χ1) is 12.2. The van der Waals surface area contributed by atoms with E-state index in [2.05, 4.69) is 12.1 Å². The third-order valence-electron chi connectivity index (χ3n) is 3.92. The van der Waals surface area contributed by atoms with Gasteiger partial charge in [0.05, 0.1) is 6.61 Å². The lowest BCUT2D eigenvalue weighted by Crippen LogP contribution is -2.22. The van der Waals surface area contributed by atoms with Crippen molar-refractivity contribution >= 4 is 5.97 Å². The van der Waals surface area contributed by atoms with Crippen LogP contribution in [0.2, 0.25) is 0 Å². The van der Waals surface area contributed by atoms with Gasteiger partial charge in [-0.05, 0) is 55.9 Å². The van der Waals surface area contributed by atoms with Crippen molar-refractivity contribution in [2.75, 3.05) is 6.61 Å². The summed E-state index contributed by atoms with van der Waals surface area (Å²) >= 11 is 0. The highest BCUT2D eigenvalue weighted by Gasteiger charge is 2.14. The molecule has 0 aliphatic rings. The van der Waals surface area contributed by atoms with Gasteiger partial charge in [0, 0.05) is 0 Å². The zero-order chi connectivity index (χ0) is 17.9. The fourth-order valence-corrected chi connectivity index (χ4v) is 2.52. The minimum Gasteiger partial charge on any atom is -0.489 e. The number of rotatable bonds is 10. The number of aliphatic hydroxyl groups excluding tert-OH is 1. The zero-order valence-corrected chi connectivity index (χ0v) is 14.7. The van der Waals surface area contributed by atoms with Crippen LogP contribution in [-0.4, -0.2) is 23.8 Å². The van der Waals surface area contributed by atoms with E-state index >= 15 is 0 Å². The summed E-state index contributed by atoms with van der Waals surface area (Å²) in [6, 6.07) is 18.1. The smallest absolute Gasteiger partial charge is 0.334 e. The lowest BCUT2D eigenvalue weighted by atomic mass is 10.1. The van der Waals surface area contributed by atoms with E-state index in [-0.39, 0.29) is 0 Å². The third kappa shape index (κ3) is 6.98. The topological polar surface area (TPSA) is 55.8 Å². The number of esters is 1. The number of unbranched alkanes of at least 4 members (excludes halogenated alkanes) is 1. The lowest BCUT2D eigenvalue weighted by molar-refractivity contribution is -0.153. The highest BCUT2D eigenvalue weighted by atomic mass is 16.5. The van der Waals surface area contributed by atoms with Gasteiger partial charge >= 0.3 is 5.97 Å². The van der Waals surface area contributed by atoms with E-state index in [4.69, 9.17) is 9.47 Å². The maximum Gasteiger partial charge on any atom is 0.334 e. The quantitative estimate of drug-likeness (QED) is 0.525. The highest BCUT2D eigenvalue weighted by molar-refractivity contribution is 5.74. The molecule has 0 saturated heterocycles. The summed E-state index contributed by atoms with van der Waals surface area (Å²) in [5.41, 5.74) is 2.37. The molecule has 1 atom stereocenters. The Morgan fingerprint density at radius 1 is 1.00 bits per heavy atom. The summed E-state index contributed by atoms with van der Waals surface area (Å²) in [5, 5.41) is 9.64. The van der Waals surface area contributed by atoms with Crippen molar-refractivity contribution in [2.24, 2.45) is 0 Å². The van der Waals surface area contributed by atoms with Crippen LogP contribution >= 0.6 is 0 Å². The molecule has 0 saturated carbocycles. The largest absolute Gasteiger partial charge is 0.489 e. The summed E-state index contributed by atoms with van der Waals surface area (Å²) in [7, 11) is 0. The molecule has 0 aliphatic heterocycles. The number of hydrogen-bond donors (Lipinski definition) is 1. The molecule has 1 N–H and O–H groups in total. The molecule has 0 amide bonds. The predicted octanol–water partition coefficient (Wildman–Crippen LogP) is 3.90. The Morgan fingerprint density at radius 3 is 2.40 bits per heavy atom. The van der Waals surface area contributed by atoms with Crippen LogP contribution < -0.4 is 4.74 Å². The molecule has 4 heteroatoms. The normalized spacial score (nSPS) is 11.8. The van der Waals surface area contributed by atoms with Gasteiger partial charge in [-0.1, -0.05) is 42.5 Å². The molecule has 134 valence electrons. The second-order valence-corrected chi connectivity index (χ2v) is 5.93. The standard InChI is InChI=1S/C21H26O4/c1-2-24-21(23)20(22)11-7-6-8-17-12-14-19(15-13-17)25-16-18-9-4-3-5-10-18/h3-5,9-10,12-15,20,22H,2,6-8,11,16H2,1H3. The first-order valence-electron chi connectivity index (χ1n) is 8.79. The Labute approximate surface area is 149 Å². The maximum atomic E-state index is 11.3. The summed E-state index contributed by atoms with van der Waals surface area (Å²) in [6.07, 6.45) is 2.05. The van der Waals surface area contributed by atoms with Crippen LogP contribution in [0, 0.1) is 0 Å². The third-order valence-corrected chi connectivity index (χ3v) is 3.92. The van der Waals surface area contributed by atoms with Crippen LogP contribution in [0.1, 0.15) is 37.3 Å². The minimum absolute atomic E-state index is 0.300. The van der Waals surface area contributed by atoms with Gasteiger partial charge < -0.3 is 14.6 Å². The molecule has 0 aliphatic carbocycles. The molecule has 4 nitrogen and oxygen atoms in total. The Hall–Kier alpha value is -2.33. The van der Waals surface area contributed by atoms with Crippen molar-refractivity contribution < 1.29 is 19.4 Å². The molecule has 0 radical (unpaired) electrons. The fraction of sp³-hybridized carbons (Fsp3) is 0.381. The molecular weight excluding hydrogens is 316 g/mol. The fourth-order valence-electron chi connectivity index (χ4n) is 2.52. The van der Waals surface area contributed by atoms with E-state index in [0.717, 1.165) is 30.6 Å². The summed E-state index contributed by atoms with van der Waals surface area (Å²) in [4.78, 5) is 11.3. The second kappa shape index (κ2) is 10.5. The number of carbonyl (C=O) groups excluding carboxylic acids is 1. The van der Waals surface area contributed by atoms with E-state index in [9.17, 15) is 9.90 Å². The summed E-state index contributed by atoms with van der Waals surface area (Å²) in [6.45, 7) is 2.60. The van der Waals surface area contributed by atoms with Crippen molar-refractivity contribution in [2.45, 2.75) is 45.3 Å². The summed E-state index contributed by atoms with van der Waals surface area (Å²) < 4.78 is 10.6. The van der Waals surface area contributed by atoms with Gasteiger partial charge in [0.15, 0.2) is 6.10 Å². The Balaban J connectivity index is 1.67. The van der Waals surface area contributed by atoms with E-state index in [1.807, 2.05) is 42.5 Å². The van der Waals surface area contributed by atoms with Crippen LogP contribution in [0.25, 0.3) is 0 Å². The molecule has 25 heavy (non-hydrogen) atoms. The average molecular weight is 342 g/mol. The monoisotopic (exact) mass is 342 g/mol. The average Bonchev–Trinajstić information content (AvgIpc) is 2.65. The van der Waals surface area contributed by atoms with Gasteiger partial charge in [-0.15, -0.1) is 0 Å². The zero-order valence-electron chi connectivity index (χ0n) is 14.7. The van der Waals surface area contributed by atoms with E-state index < -0.39 is 12.1 Å². The van der Waals surface area contributed by atoms with Crippen LogP contribution in [0.3, 0.4) is 0 Å². The molecular formula is C21H26O4. The summed E-state index contributed by atoms with van der Waals surface area (Å²) in [5.74, 6) is 0.327. The van der Waals surface area contributed by atoms with Gasteiger partial charge in [-0.25, -0.2) is 4.79 Å². The van der Waals surface area contributed by atoms with Crippen molar-refractivity contribution in [3.05, 3.63) is 65.7 Å². The minimum atomic E-state index is -1.01. The van der Waals surface area contributed by atoms with Crippen molar-refractivity contribution in [3.63, 3.8) is 0 Å². The number of aliphatic hydroxyl groups is 1. The van der Waals surface area contributed by atoms with Crippen LogP contribution in [0.15, 0.2) is 54.6 Å². The molecule has 1 unspecified atom stereocenters. The van der Waals surface area contributed by atoms with E-state index in [1.165, 1.54) is 5.56 Å². The van der Waals surface area contributed by atoms with Crippen LogP contribution in [-0.2, 0) is 22.6 Å². The number of aryl methyl sites for hydroxylation is 1. The maximum absolute atomic E-state index is 11.3. The van der Waals surface area contributed by atoms with Crippen molar-refractivity contribution in [1.29, 1.82) is 0 Å². The number of hydrogen-bond acceptors (Lipinski definition) is 4. The molecule has 0 aromatic heterocycles. The van der Waals surface area contributed by atoms with E-state index in [1.54, 1.807) is 6.92 Å². The Bertz CT molecular complexity index is 622. The molecule has 2 rings (SSSR count). The lowest BCUT2D eigenvalue weighted by Gasteiger charge is -2.09.